The Morgan fingerprint density at radius 2 is 1.22 bits per heavy atom. The van der Waals surface area contributed by atoms with Gasteiger partial charge in [-0.15, -0.1) is 0 Å². The van der Waals surface area contributed by atoms with Crippen LogP contribution in [0.4, 0.5) is 0 Å². The molecule has 0 N–H and O–H groups in total. The maximum atomic E-state index is 11.8. The van der Waals surface area contributed by atoms with Crippen LogP contribution < -0.4 is 0 Å². The van der Waals surface area contributed by atoms with Crippen molar-refractivity contribution in [2.45, 2.75) is 54.4 Å². The Kier molecular flexibility index (Phi) is 19.9. The Morgan fingerprint density at radius 1 is 0.852 bits per heavy atom. The van der Waals surface area contributed by atoms with E-state index < -0.39 is 10.8 Å². The molecule has 1 rings (SSSR count). The molecule has 8 heteroatoms. The van der Waals surface area contributed by atoms with E-state index in [2.05, 4.69) is 20.0 Å². The van der Waals surface area contributed by atoms with Gasteiger partial charge in [-0.2, -0.15) is 0 Å². The fraction of sp³-hybridized carbons (Fsp3) is 0.526. The third-order valence-corrected chi connectivity index (χ3v) is 2.70. The summed E-state index contributed by atoms with van der Waals surface area (Å²) in [5.41, 5.74) is -1.11. The van der Waals surface area contributed by atoms with E-state index in [1.165, 1.54) is 0 Å². The van der Waals surface area contributed by atoms with Crippen molar-refractivity contribution in [3.8, 4) is 0 Å². The van der Waals surface area contributed by atoms with Crippen molar-refractivity contribution < 1.29 is 50.1 Å². The monoisotopic (exact) mass is 420 g/mol. The van der Waals surface area contributed by atoms with Crippen molar-refractivity contribution in [3.63, 3.8) is 0 Å². The van der Waals surface area contributed by atoms with E-state index in [9.17, 15) is 9.59 Å². The van der Waals surface area contributed by atoms with Crippen LogP contribution in [0.15, 0.2) is 23.7 Å². The van der Waals surface area contributed by atoms with Gasteiger partial charge in [0.15, 0.2) is 0 Å². The van der Waals surface area contributed by atoms with Crippen molar-refractivity contribution >= 4 is 11.9 Å². The van der Waals surface area contributed by atoms with Gasteiger partial charge in [-0.25, -0.2) is 0 Å². The van der Waals surface area contributed by atoms with Crippen LogP contribution in [0.2, 0.25) is 0 Å². The Labute approximate surface area is 171 Å². The van der Waals surface area contributed by atoms with Gasteiger partial charge in [-0.3, -0.25) is 9.59 Å². The summed E-state index contributed by atoms with van der Waals surface area (Å²) in [6.07, 6.45) is 4.78. The molecule has 0 bridgehead atoms. The molecule has 27 heavy (non-hydrogen) atoms. The Morgan fingerprint density at radius 3 is 1.59 bits per heavy atom. The van der Waals surface area contributed by atoms with E-state index in [0.29, 0.717) is 24.4 Å². The number of esters is 2. The topological polar surface area (TPSA) is 112 Å². The quantitative estimate of drug-likeness (QED) is 0.294. The number of carbonyl (C=O) groups is 2. The van der Waals surface area contributed by atoms with Crippen molar-refractivity contribution in [1.29, 1.82) is 0 Å². The minimum absolute atomic E-state index is 0. The maximum absolute atomic E-state index is 11.8. The minimum Gasteiger partial charge on any atom is 0 e. The summed E-state index contributed by atoms with van der Waals surface area (Å²) >= 11 is 0. The van der Waals surface area contributed by atoms with Gasteiger partial charge >= 0.3 is 45.8 Å². The summed E-state index contributed by atoms with van der Waals surface area (Å²) in [7, 11) is 0. The number of carbonyl (C=O) groups excluding carboxylic acids is 2. The summed E-state index contributed by atoms with van der Waals surface area (Å²) < 4.78 is 33.2. The van der Waals surface area contributed by atoms with Gasteiger partial charge in [0.05, 0.1) is 10.8 Å². The molecule has 7 nitrogen and oxygen atoms in total. The van der Waals surface area contributed by atoms with E-state index in [1.54, 1.807) is 47.6 Å². The molecule has 0 fully saturated rings. The number of hydrogen-bond donors (Lipinski definition) is 0. The second kappa shape index (κ2) is 16.3. The van der Waals surface area contributed by atoms with E-state index >= 15 is 0 Å². The van der Waals surface area contributed by atoms with Crippen LogP contribution in [0.25, 0.3) is 0 Å². The third kappa shape index (κ3) is 15.0. The van der Waals surface area contributed by atoms with E-state index in [4.69, 9.17) is 23.4 Å². The molecule has 0 aromatic carbocycles. The minimum atomic E-state index is -0.561. The molecule has 0 spiro atoms. The van der Waals surface area contributed by atoms with Gasteiger partial charge in [0.2, 0.25) is 0 Å². The summed E-state index contributed by atoms with van der Waals surface area (Å²) in [4.78, 5) is 23.7. The molecular weight excluding hydrogens is 396 g/mol. The van der Waals surface area contributed by atoms with Crippen LogP contribution in [-0.4, -0.2) is 11.9 Å². The molecule has 1 aliphatic carbocycles. The first-order valence-corrected chi connectivity index (χ1v) is 7.46. The van der Waals surface area contributed by atoms with Crippen molar-refractivity contribution in [3.05, 3.63) is 43.6 Å². The standard InChI is InChI=1S/C16H24O4.3CO.Fe/c1-15(2,3)13(17)19-11-8-7-9-12(10-11)20-14(18)16(4,5)6;3*1-2;/h8,10H,7,9H2,1-6H3;;;;. The number of allylic oxidation sites excluding steroid dienone is 3. The molecule has 0 radical (unpaired) electrons. The fourth-order valence-corrected chi connectivity index (χ4v) is 1.33. The van der Waals surface area contributed by atoms with E-state index in [0.717, 1.165) is 0 Å². The first-order chi connectivity index (χ1) is 12.0. The molecule has 0 atom stereocenters. The summed E-state index contributed by atoms with van der Waals surface area (Å²) in [5, 5.41) is 0. The summed E-state index contributed by atoms with van der Waals surface area (Å²) in [6, 6.07) is 0. The van der Waals surface area contributed by atoms with E-state index in [1.807, 2.05) is 6.08 Å². The fourth-order valence-electron chi connectivity index (χ4n) is 1.33. The van der Waals surface area contributed by atoms with Crippen molar-refractivity contribution in [2.75, 3.05) is 0 Å². The zero-order valence-corrected chi connectivity index (χ0v) is 17.4. The number of rotatable bonds is 2. The van der Waals surface area contributed by atoms with Crippen LogP contribution in [0.5, 0.6) is 0 Å². The SMILES string of the molecule is CC(C)(C)C(=O)OC1=CCCC(OC(=O)C(C)(C)C)=C1.[C-]#[O+].[C-]#[O+].[C-]#[O+].[Fe]. The van der Waals surface area contributed by atoms with Crippen LogP contribution in [0.1, 0.15) is 54.4 Å². The molecule has 0 aromatic rings. The average Bonchev–Trinajstić information content (AvgIpc) is 2.59. The Bertz CT molecular complexity index is 568. The maximum Gasteiger partial charge on any atom is 0 e. The second-order valence-electron chi connectivity index (χ2n) is 7.03. The molecular formula is C19H24FeO7. The predicted octanol–water partition coefficient (Wildman–Crippen LogP) is 3.61. The molecule has 0 aromatic heterocycles. The molecule has 150 valence electrons. The zero-order valence-electron chi connectivity index (χ0n) is 16.3. The van der Waals surface area contributed by atoms with Crippen LogP contribution >= 0.6 is 0 Å². The molecule has 0 heterocycles. The van der Waals surface area contributed by atoms with E-state index in [-0.39, 0.29) is 29.0 Å². The molecule has 0 saturated heterocycles. The average molecular weight is 420 g/mol. The third-order valence-electron chi connectivity index (χ3n) is 2.70. The molecule has 0 saturated carbocycles. The molecule has 0 amide bonds. The van der Waals surface area contributed by atoms with Gasteiger partial charge in [0.25, 0.3) is 0 Å². The van der Waals surface area contributed by atoms with Gasteiger partial charge in [0.1, 0.15) is 11.5 Å². The first-order valence-electron chi connectivity index (χ1n) is 7.46. The van der Waals surface area contributed by atoms with Crippen LogP contribution in [0, 0.1) is 30.8 Å². The summed E-state index contributed by atoms with van der Waals surface area (Å²) in [5.74, 6) is 0.410. The van der Waals surface area contributed by atoms with Crippen LogP contribution in [-0.2, 0) is 50.1 Å². The summed E-state index contributed by atoms with van der Waals surface area (Å²) in [6.45, 7) is 24.3. The van der Waals surface area contributed by atoms with Gasteiger partial charge in [-0.1, -0.05) is 0 Å². The zero-order chi connectivity index (χ0) is 21.6. The molecule has 0 unspecified atom stereocenters. The largest absolute Gasteiger partial charge is 0 e. The van der Waals surface area contributed by atoms with Gasteiger partial charge in [-0.05, 0) is 54.0 Å². The van der Waals surface area contributed by atoms with Crippen LogP contribution in [0.3, 0.4) is 0 Å². The smallest absolute Gasteiger partial charge is 0 e. The Balaban J connectivity index is -0.000000342. The number of hydrogen-bond acceptors (Lipinski definition) is 4. The second-order valence-corrected chi connectivity index (χ2v) is 7.03. The van der Waals surface area contributed by atoms with Gasteiger partial charge < -0.3 is 9.47 Å². The van der Waals surface area contributed by atoms with Gasteiger partial charge in [0, 0.05) is 29.6 Å². The number of ether oxygens (including phenoxy) is 2. The van der Waals surface area contributed by atoms with Crippen molar-refractivity contribution in [2.24, 2.45) is 10.8 Å². The molecule has 0 aliphatic heterocycles. The Hall–Kier alpha value is -1.84. The first kappa shape index (κ1) is 32.8. The van der Waals surface area contributed by atoms with Crippen molar-refractivity contribution in [1.82, 2.24) is 0 Å². The normalized spacial score (nSPS) is 12.1. The molecule has 1 aliphatic rings. The predicted molar refractivity (Wildman–Crippen MR) is 88.3 cm³/mol.